The van der Waals surface area contributed by atoms with E-state index < -0.39 is 11.9 Å². The van der Waals surface area contributed by atoms with E-state index in [1.165, 1.54) is 13.2 Å². The number of amides is 1. The number of rotatable bonds is 7. The van der Waals surface area contributed by atoms with E-state index in [1.807, 2.05) is 25.1 Å². The largest absolute Gasteiger partial charge is 0.496 e. The Kier molecular flexibility index (Phi) is 6.98. The summed E-state index contributed by atoms with van der Waals surface area (Å²) in [5, 5.41) is 0. The number of carbonyl (C=O) groups is 2. The Hall–Kier alpha value is -3.54. The van der Waals surface area contributed by atoms with Crippen LogP contribution in [0.3, 0.4) is 0 Å². The van der Waals surface area contributed by atoms with Crippen LogP contribution in [0.25, 0.3) is 12.2 Å². The number of primary amides is 1. The smallest absolute Gasteiger partial charge is 0.338 e. The van der Waals surface area contributed by atoms with Crippen molar-refractivity contribution >= 4 is 24.0 Å². The Labute approximate surface area is 164 Å². The maximum Gasteiger partial charge on any atom is 0.338 e. The lowest BCUT2D eigenvalue weighted by molar-refractivity contribution is -0.136. The van der Waals surface area contributed by atoms with Crippen molar-refractivity contribution in [1.29, 1.82) is 0 Å². The Bertz CT molecular complexity index is 904. The van der Waals surface area contributed by atoms with Crippen LogP contribution in [0.4, 0.5) is 0 Å². The Morgan fingerprint density at radius 3 is 1.86 bits per heavy atom. The zero-order valence-corrected chi connectivity index (χ0v) is 16.3. The van der Waals surface area contributed by atoms with E-state index >= 15 is 0 Å². The third-order valence-corrected chi connectivity index (χ3v) is 4.16. The third kappa shape index (κ3) is 4.79. The number of carbonyl (C=O) groups excluding carboxylic acids is 2. The number of hydrogen-bond donors (Lipinski definition) is 1. The van der Waals surface area contributed by atoms with Crippen LogP contribution in [-0.2, 0) is 14.3 Å². The summed E-state index contributed by atoms with van der Waals surface area (Å²) in [7, 11) is 4.33. The van der Waals surface area contributed by atoms with Gasteiger partial charge in [-0.3, -0.25) is 4.79 Å². The molecule has 0 aliphatic rings. The number of ether oxygens (including phenoxy) is 3. The van der Waals surface area contributed by atoms with Gasteiger partial charge in [0, 0.05) is 5.56 Å². The quantitative estimate of drug-likeness (QED) is 0.452. The van der Waals surface area contributed by atoms with Crippen LogP contribution < -0.4 is 15.2 Å². The van der Waals surface area contributed by atoms with Crippen LogP contribution in [0.5, 0.6) is 11.5 Å². The molecule has 146 valence electrons. The van der Waals surface area contributed by atoms with Crippen LogP contribution in [0.2, 0.25) is 0 Å². The second-order valence-corrected chi connectivity index (χ2v) is 5.93. The molecule has 0 aliphatic carbocycles. The van der Waals surface area contributed by atoms with E-state index in [2.05, 4.69) is 0 Å². The molecule has 2 aromatic carbocycles. The molecule has 0 saturated carbocycles. The van der Waals surface area contributed by atoms with E-state index in [4.69, 9.17) is 19.9 Å². The molecule has 6 heteroatoms. The molecule has 0 spiro atoms. The van der Waals surface area contributed by atoms with E-state index in [0.717, 1.165) is 11.1 Å². The molecule has 1 amide bonds. The molecule has 0 bridgehead atoms. The Morgan fingerprint density at radius 1 is 0.857 bits per heavy atom. The van der Waals surface area contributed by atoms with Crippen LogP contribution in [0, 0.1) is 6.92 Å². The molecule has 2 N–H and O–H groups in total. The van der Waals surface area contributed by atoms with Crippen LogP contribution in [-0.4, -0.2) is 33.2 Å². The second kappa shape index (κ2) is 9.41. The van der Waals surface area contributed by atoms with Gasteiger partial charge in [0.2, 0.25) is 5.91 Å². The third-order valence-electron chi connectivity index (χ3n) is 4.16. The molecule has 0 aliphatic heterocycles. The summed E-state index contributed by atoms with van der Waals surface area (Å²) in [4.78, 5) is 24.5. The van der Waals surface area contributed by atoms with Crippen molar-refractivity contribution in [3.63, 3.8) is 0 Å². The summed E-state index contributed by atoms with van der Waals surface area (Å²) in [6.45, 7) is 1.86. The fourth-order valence-electron chi connectivity index (χ4n) is 2.71. The number of hydrogen-bond acceptors (Lipinski definition) is 5. The van der Waals surface area contributed by atoms with Gasteiger partial charge in [0.05, 0.1) is 32.5 Å². The number of nitrogens with two attached hydrogens (primary N) is 1. The lowest BCUT2D eigenvalue weighted by Gasteiger charge is -2.12. The number of methoxy groups -OCH3 is 3. The minimum atomic E-state index is -0.758. The highest BCUT2D eigenvalue weighted by molar-refractivity contribution is 6.14. The zero-order valence-electron chi connectivity index (χ0n) is 16.3. The number of esters is 1. The summed E-state index contributed by atoms with van der Waals surface area (Å²) < 4.78 is 15.6. The van der Waals surface area contributed by atoms with E-state index in [1.54, 1.807) is 44.6 Å². The summed E-state index contributed by atoms with van der Waals surface area (Å²) in [5.74, 6) is -0.256. The SMILES string of the molecule is COC(=O)C(=C/c1ccccc1)/C(=C\c1cc(OC)c(C)c(OC)c1)C(N)=O. The fourth-order valence-corrected chi connectivity index (χ4v) is 2.71. The molecule has 2 aromatic rings. The Balaban J connectivity index is 2.66. The highest BCUT2D eigenvalue weighted by Crippen LogP contribution is 2.31. The van der Waals surface area contributed by atoms with Gasteiger partial charge in [0.25, 0.3) is 0 Å². The summed E-state index contributed by atoms with van der Waals surface area (Å²) >= 11 is 0. The predicted molar refractivity (Wildman–Crippen MR) is 108 cm³/mol. The number of benzene rings is 2. The first-order valence-corrected chi connectivity index (χ1v) is 8.50. The van der Waals surface area contributed by atoms with Gasteiger partial charge in [-0.1, -0.05) is 30.3 Å². The van der Waals surface area contributed by atoms with Crippen molar-refractivity contribution in [2.24, 2.45) is 5.73 Å². The molecule has 0 fully saturated rings. The highest BCUT2D eigenvalue weighted by atomic mass is 16.5. The van der Waals surface area contributed by atoms with Gasteiger partial charge in [-0.2, -0.15) is 0 Å². The molecule has 28 heavy (non-hydrogen) atoms. The van der Waals surface area contributed by atoms with Gasteiger partial charge >= 0.3 is 5.97 Å². The molecule has 0 aromatic heterocycles. The summed E-state index contributed by atoms with van der Waals surface area (Å²) in [5.41, 5.74) is 7.80. The molecule has 0 radical (unpaired) electrons. The molecular formula is C22H23NO5. The first-order valence-electron chi connectivity index (χ1n) is 8.50. The molecular weight excluding hydrogens is 358 g/mol. The van der Waals surface area contributed by atoms with Crippen molar-refractivity contribution in [3.8, 4) is 11.5 Å². The standard InChI is InChI=1S/C22H23NO5/c1-14-19(26-2)12-16(13-20(14)27-3)11-17(21(23)24)18(22(25)28-4)10-15-8-6-5-7-9-15/h5-13H,1-4H3,(H2,23,24)/b17-11+,18-10+. The van der Waals surface area contributed by atoms with Crippen molar-refractivity contribution in [2.75, 3.05) is 21.3 Å². The van der Waals surface area contributed by atoms with Crippen LogP contribution >= 0.6 is 0 Å². The monoisotopic (exact) mass is 381 g/mol. The normalized spacial score (nSPS) is 11.7. The topological polar surface area (TPSA) is 87.8 Å². The van der Waals surface area contributed by atoms with Gasteiger partial charge in [0.15, 0.2) is 0 Å². The van der Waals surface area contributed by atoms with Gasteiger partial charge in [-0.15, -0.1) is 0 Å². The highest BCUT2D eigenvalue weighted by Gasteiger charge is 2.20. The predicted octanol–water partition coefficient (Wildman–Crippen LogP) is 3.14. The minimum Gasteiger partial charge on any atom is -0.496 e. The van der Waals surface area contributed by atoms with Crippen LogP contribution in [0.15, 0.2) is 53.6 Å². The molecule has 0 saturated heterocycles. The molecule has 2 rings (SSSR count). The van der Waals surface area contributed by atoms with E-state index in [0.29, 0.717) is 17.1 Å². The molecule has 0 heterocycles. The maximum absolute atomic E-state index is 12.4. The fraction of sp³-hybridized carbons (Fsp3) is 0.182. The van der Waals surface area contributed by atoms with Crippen molar-refractivity contribution in [3.05, 3.63) is 70.3 Å². The van der Waals surface area contributed by atoms with Gasteiger partial charge in [0.1, 0.15) is 11.5 Å². The summed E-state index contributed by atoms with van der Waals surface area (Å²) in [6.07, 6.45) is 3.07. The first kappa shape index (κ1) is 20.8. The Morgan fingerprint density at radius 2 is 1.39 bits per heavy atom. The second-order valence-electron chi connectivity index (χ2n) is 5.93. The maximum atomic E-state index is 12.4. The first-order chi connectivity index (χ1) is 13.4. The lowest BCUT2D eigenvalue weighted by Crippen LogP contribution is -2.20. The lowest BCUT2D eigenvalue weighted by atomic mass is 9.98. The average Bonchev–Trinajstić information content (AvgIpc) is 2.71. The molecule has 0 unspecified atom stereocenters. The zero-order chi connectivity index (χ0) is 20.7. The molecule has 6 nitrogen and oxygen atoms in total. The average molecular weight is 381 g/mol. The van der Waals surface area contributed by atoms with E-state index in [-0.39, 0.29) is 11.1 Å². The van der Waals surface area contributed by atoms with Crippen LogP contribution in [0.1, 0.15) is 16.7 Å². The van der Waals surface area contributed by atoms with Crippen molar-refractivity contribution in [2.45, 2.75) is 6.92 Å². The summed E-state index contributed by atoms with van der Waals surface area (Å²) in [6, 6.07) is 12.6. The van der Waals surface area contributed by atoms with Crippen molar-refractivity contribution < 1.29 is 23.8 Å². The minimum absolute atomic E-state index is 0.0173. The van der Waals surface area contributed by atoms with Gasteiger partial charge in [-0.05, 0) is 42.3 Å². The van der Waals surface area contributed by atoms with Gasteiger partial charge < -0.3 is 19.9 Å². The van der Waals surface area contributed by atoms with Crippen molar-refractivity contribution in [1.82, 2.24) is 0 Å². The van der Waals surface area contributed by atoms with E-state index in [9.17, 15) is 9.59 Å². The van der Waals surface area contributed by atoms with Gasteiger partial charge in [-0.25, -0.2) is 4.79 Å². The molecule has 0 atom stereocenters.